The first kappa shape index (κ1) is 22.7. The van der Waals surface area contributed by atoms with Crippen molar-refractivity contribution in [2.24, 2.45) is 5.92 Å². The van der Waals surface area contributed by atoms with Gasteiger partial charge in [0.15, 0.2) is 0 Å². The van der Waals surface area contributed by atoms with Crippen LogP contribution in [0.3, 0.4) is 0 Å². The number of methoxy groups -OCH3 is 1. The van der Waals surface area contributed by atoms with E-state index in [1.807, 2.05) is 31.4 Å². The smallest absolute Gasteiger partial charge is 0.226 e. The number of rotatable bonds is 9. The van der Waals surface area contributed by atoms with Crippen LogP contribution in [-0.4, -0.2) is 49.6 Å². The Morgan fingerprint density at radius 2 is 2.13 bits per heavy atom. The molecule has 3 unspecified atom stereocenters. The van der Waals surface area contributed by atoms with Crippen molar-refractivity contribution < 1.29 is 14.3 Å². The Morgan fingerprint density at radius 1 is 1.37 bits per heavy atom. The summed E-state index contributed by atoms with van der Waals surface area (Å²) < 4.78 is 10.9. The minimum atomic E-state index is -0.0279. The summed E-state index contributed by atoms with van der Waals surface area (Å²) in [5, 5.41) is 6.03. The molecule has 3 rings (SSSR count). The molecule has 1 saturated heterocycles. The van der Waals surface area contributed by atoms with Gasteiger partial charge in [0.1, 0.15) is 16.9 Å². The quantitative estimate of drug-likeness (QED) is 0.650. The van der Waals surface area contributed by atoms with Gasteiger partial charge in [-0.15, -0.1) is 11.3 Å². The van der Waals surface area contributed by atoms with Crippen LogP contribution in [0.5, 0.6) is 5.75 Å². The summed E-state index contributed by atoms with van der Waals surface area (Å²) in [6.45, 7) is 6.36. The second-order valence-electron chi connectivity index (χ2n) is 7.86. The van der Waals surface area contributed by atoms with E-state index in [2.05, 4.69) is 34.4 Å². The number of nitrogens with one attached hydrogen (secondary N) is 1. The van der Waals surface area contributed by atoms with Crippen LogP contribution >= 0.6 is 11.3 Å². The molecular weight excluding hydrogens is 398 g/mol. The number of thiazole rings is 1. The van der Waals surface area contributed by atoms with Gasteiger partial charge in [-0.1, -0.05) is 12.1 Å². The Bertz CT molecular complexity index is 808. The third kappa shape index (κ3) is 5.80. The topological polar surface area (TPSA) is 63.7 Å². The average molecular weight is 432 g/mol. The normalized spacial score (nSPS) is 20.7. The van der Waals surface area contributed by atoms with Crippen LogP contribution in [0.4, 0.5) is 0 Å². The maximum absolute atomic E-state index is 12.6. The summed E-state index contributed by atoms with van der Waals surface area (Å²) in [7, 11) is 3.85. The molecule has 1 aliphatic rings. The van der Waals surface area contributed by atoms with Gasteiger partial charge in [-0.05, 0) is 63.9 Å². The van der Waals surface area contributed by atoms with Gasteiger partial charge in [-0.2, -0.15) is 0 Å². The molecule has 7 heteroatoms. The lowest BCUT2D eigenvalue weighted by atomic mass is 9.85. The SMILES string of the molecule is CCOC(C)c1nc(CC(=O)NCC2CCCN(C)C2c2ccc(OC)cc2)cs1. The lowest BCUT2D eigenvalue weighted by Gasteiger charge is -2.39. The molecular formula is C23H33N3O3S. The number of hydrogen-bond acceptors (Lipinski definition) is 6. The van der Waals surface area contributed by atoms with Crippen LogP contribution < -0.4 is 10.1 Å². The third-order valence-electron chi connectivity index (χ3n) is 5.70. The number of hydrogen-bond donors (Lipinski definition) is 1. The molecule has 1 amide bonds. The summed E-state index contributed by atoms with van der Waals surface area (Å²) in [5.74, 6) is 1.27. The number of carbonyl (C=O) groups is 1. The van der Waals surface area contributed by atoms with Crippen LogP contribution in [-0.2, 0) is 16.0 Å². The predicted octanol–water partition coefficient (Wildman–Crippen LogP) is 3.99. The molecule has 30 heavy (non-hydrogen) atoms. The Balaban J connectivity index is 1.58. The molecule has 1 fully saturated rings. The van der Waals surface area contributed by atoms with Crippen LogP contribution in [0.25, 0.3) is 0 Å². The number of piperidine rings is 1. The number of likely N-dealkylation sites (tertiary alicyclic amines) is 1. The van der Waals surface area contributed by atoms with Gasteiger partial charge in [0.25, 0.3) is 0 Å². The molecule has 6 nitrogen and oxygen atoms in total. The van der Waals surface area contributed by atoms with Crippen LogP contribution in [0.2, 0.25) is 0 Å². The standard InChI is InChI=1S/C23H33N3O3S/c1-5-29-16(2)23-25-19(15-30-23)13-21(27)24-14-18-7-6-12-26(3)22(18)17-8-10-20(28-4)11-9-17/h8-11,15-16,18,22H,5-7,12-14H2,1-4H3,(H,24,27). The molecule has 0 saturated carbocycles. The second-order valence-corrected chi connectivity index (χ2v) is 8.75. The van der Waals surface area contributed by atoms with E-state index in [-0.39, 0.29) is 12.0 Å². The number of aromatic nitrogens is 1. The Kier molecular flexibility index (Phi) is 8.24. The van der Waals surface area contributed by atoms with Gasteiger partial charge in [0.05, 0.1) is 19.2 Å². The summed E-state index contributed by atoms with van der Waals surface area (Å²) in [6.07, 6.45) is 2.54. The largest absolute Gasteiger partial charge is 0.497 e. The molecule has 0 bridgehead atoms. The van der Waals surface area contributed by atoms with Crippen molar-refractivity contribution in [1.29, 1.82) is 0 Å². The zero-order valence-corrected chi connectivity index (χ0v) is 19.2. The summed E-state index contributed by atoms with van der Waals surface area (Å²) in [4.78, 5) is 19.5. The van der Waals surface area contributed by atoms with E-state index in [1.54, 1.807) is 18.4 Å². The van der Waals surface area contributed by atoms with Gasteiger partial charge in [0.2, 0.25) is 5.91 Å². The van der Waals surface area contributed by atoms with Crippen molar-refractivity contribution in [3.8, 4) is 5.75 Å². The highest BCUT2D eigenvalue weighted by atomic mass is 32.1. The molecule has 164 valence electrons. The molecule has 2 aromatic rings. The van der Waals surface area contributed by atoms with E-state index in [9.17, 15) is 4.79 Å². The second kappa shape index (κ2) is 10.9. The van der Waals surface area contributed by atoms with Gasteiger partial charge in [-0.3, -0.25) is 9.69 Å². The van der Waals surface area contributed by atoms with Crippen molar-refractivity contribution in [2.75, 3.05) is 33.9 Å². The molecule has 1 aliphatic heterocycles. The maximum atomic E-state index is 12.6. The third-order valence-corrected chi connectivity index (χ3v) is 6.76. The highest BCUT2D eigenvalue weighted by Gasteiger charge is 2.30. The minimum absolute atomic E-state index is 0.0256. The first-order valence-corrected chi connectivity index (χ1v) is 11.6. The fourth-order valence-corrected chi connectivity index (χ4v) is 5.01. The maximum Gasteiger partial charge on any atom is 0.226 e. The average Bonchev–Trinajstić information content (AvgIpc) is 3.21. The molecule has 1 aromatic carbocycles. The zero-order chi connectivity index (χ0) is 21.5. The van der Waals surface area contributed by atoms with Crippen LogP contribution in [0.15, 0.2) is 29.6 Å². The predicted molar refractivity (Wildman–Crippen MR) is 120 cm³/mol. The monoisotopic (exact) mass is 431 g/mol. The van der Waals surface area contributed by atoms with E-state index < -0.39 is 0 Å². The molecule has 0 radical (unpaired) electrons. The van der Waals surface area contributed by atoms with E-state index in [0.717, 1.165) is 35.8 Å². The molecule has 2 heterocycles. The van der Waals surface area contributed by atoms with E-state index in [0.29, 0.717) is 31.5 Å². The summed E-state index contributed by atoms with van der Waals surface area (Å²) in [5.41, 5.74) is 2.08. The van der Waals surface area contributed by atoms with Gasteiger partial charge < -0.3 is 14.8 Å². The first-order valence-electron chi connectivity index (χ1n) is 10.7. The minimum Gasteiger partial charge on any atom is -0.497 e. The fourth-order valence-electron chi connectivity index (χ4n) is 4.18. The highest BCUT2D eigenvalue weighted by Crippen LogP contribution is 2.35. The summed E-state index contributed by atoms with van der Waals surface area (Å²) >= 11 is 1.55. The van der Waals surface area contributed by atoms with Crippen molar-refractivity contribution >= 4 is 17.2 Å². The van der Waals surface area contributed by atoms with Crippen molar-refractivity contribution in [1.82, 2.24) is 15.2 Å². The lowest BCUT2D eigenvalue weighted by molar-refractivity contribution is -0.120. The number of ether oxygens (including phenoxy) is 2. The van der Waals surface area contributed by atoms with Crippen molar-refractivity contribution in [2.45, 2.75) is 45.3 Å². The Hall–Kier alpha value is -1.96. The number of nitrogens with zero attached hydrogens (tertiary/aromatic N) is 2. The van der Waals surface area contributed by atoms with Crippen molar-refractivity contribution in [3.63, 3.8) is 0 Å². The van der Waals surface area contributed by atoms with Gasteiger partial charge >= 0.3 is 0 Å². The molecule has 1 N–H and O–H groups in total. The highest BCUT2D eigenvalue weighted by molar-refractivity contribution is 7.09. The first-order chi connectivity index (χ1) is 14.5. The lowest BCUT2D eigenvalue weighted by Crippen LogP contribution is -2.42. The Labute approximate surface area is 183 Å². The number of carbonyl (C=O) groups excluding carboxylic acids is 1. The fraction of sp³-hybridized carbons (Fsp3) is 0.565. The Morgan fingerprint density at radius 3 is 2.83 bits per heavy atom. The van der Waals surface area contributed by atoms with Crippen molar-refractivity contribution in [3.05, 3.63) is 45.9 Å². The number of amides is 1. The molecule has 3 atom stereocenters. The van der Waals surface area contributed by atoms with Gasteiger partial charge in [0, 0.05) is 24.6 Å². The van der Waals surface area contributed by atoms with E-state index in [1.165, 1.54) is 5.56 Å². The van der Waals surface area contributed by atoms with Crippen LogP contribution in [0.1, 0.15) is 55.1 Å². The summed E-state index contributed by atoms with van der Waals surface area (Å²) in [6, 6.07) is 8.59. The molecule has 1 aromatic heterocycles. The van der Waals surface area contributed by atoms with Gasteiger partial charge in [-0.25, -0.2) is 4.98 Å². The van der Waals surface area contributed by atoms with E-state index in [4.69, 9.17) is 9.47 Å². The molecule has 0 spiro atoms. The van der Waals surface area contributed by atoms with Crippen LogP contribution in [0, 0.1) is 5.92 Å². The van der Waals surface area contributed by atoms with E-state index >= 15 is 0 Å². The molecule has 0 aliphatic carbocycles. The zero-order valence-electron chi connectivity index (χ0n) is 18.4. The number of benzene rings is 1.